The van der Waals surface area contributed by atoms with E-state index in [0.717, 1.165) is 6.07 Å². The molecule has 2 atom stereocenters. The van der Waals surface area contributed by atoms with Gasteiger partial charge in [-0.15, -0.1) is 0 Å². The third-order valence-electron chi connectivity index (χ3n) is 7.06. The predicted octanol–water partition coefficient (Wildman–Crippen LogP) is 5.81. The van der Waals surface area contributed by atoms with Crippen molar-refractivity contribution in [2.75, 3.05) is 13.2 Å². The number of hydrogen-bond acceptors (Lipinski definition) is 5. The molecule has 0 radical (unpaired) electrons. The summed E-state index contributed by atoms with van der Waals surface area (Å²) in [6, 6.07) is 9.90. The first kappa shape index (κ1) is 27.3. The third-order valence-corrected chi connectivity index (χ3v) is 7.06. The summed E-state index contributed by atoms with van der Waals surface area (Å²) in [4.78, 5) is 4.00. The first-order valence-corrected chi connectivity index (χ1v) is 12.3. The molecular formula is C29H29F3N4O2. The fourth-order valence-electron chi connectivity index (χ4n) is 4.72. The Labute approximate surface area is 220 Å². The third kappa shape index (κ3) is 6.57. The Morgan fingerprint density at radius 3 is 2.58 bits per heavy atom. The zero-order valence-electron chi connectivity index (χ0n) is 21.2. The van der Waals surface area contributed by atoms with Crippen molar-refractivity contribution in [1.82, 2.24) is 14.8 Å². The zero-order chi connectivity index (χ0) is 27.1. The summed E-state index contributed by atoms with van der Waals surface area (Å²) in [5.74, 6) is -1.62. The maximum Gasteiger partial charge on any atom is 0.177 e. The van der Waals surface area contributed by atoms with Gasteiger partial charge in [0.1, 0.15) is 30.1 Å². The second-order valence-corrected chi connectivity index (χ2v) is 9.76. The van der Waals surface area contributed by atoms with Crippen LogP contribution in [0.1, 0.15) is 37.0 Å². The van der Waals surface area contributed by atoms with Gasteiger partial charge in [0, 0.05) is 23.0 Å². The van der Waals surface area contributed by atoms with Crippen molar-refractivity contribution >= 4 is 6.08 Å². The Kier molecular flexibility index (Phi) is 8.77. The molecule has 2 aromatic carbocycles. The highest BCUT2D eigenvalue weighted by Gasteiger charge is 2.38. The van der Waals surface area contributed by atoms with Crippen molar-refractivity contribution < 1.29 is 22.6 Å². The number of rotatable bonds is 9. The summed E-state index contributed by atoms with van der Waals surface area (Å²) < 4.78 is 55.9. The molecule has 9 heteroatoms. The first-order chi connectivity index (χ1) is 18.3. The highest BCUT2D eigenvalue weighted by Crippen LogP contribution is 2.39. The van der Waals surface area contributed by atoms with Gasteiger partial charge in [-0.2, -0.15) is 10.4 Å². The van der Waals surface area contributed by atoms with E-state index in [2.05, 4.69) is 10.1 Å². The van der Waals surface area contributed by atoms with Crippen LogP contribution >= 0.6 is 0 Å². The van der Waals surface area contributed by atoms with Crippen molar-refractivity contribution in [3.05, 3.63) is 101 Å². The van der Waals surface area contributed by atoms with E-state index >= 15 is 0 Å². The second kappa shape index (κ2) is 12.2. The molecule has 0 spiro atoms. The van der Waals surface area contributed by atoms with Gasteiger partial charge in [-0.25, -0.2) is 18.2 Å². The number of benzene rings is 2. The van der Waals surface area contributed by atoms with E-state index < -0.39 is 29.2 Å². The first-order valence-electron chi connectivity index (χ1n) is 12.3. The molecule has 2 unspecified atom stereocenters. The highest BCUT2D eigenvalue weighted by atomic mass is 19.1. The van der Waals surface area contributed by atoms with Gasteiger partial charge in [0.15, 0.2) is 6.29 Å². The Morgan fingerprint density at radius 1 is 1.13 bits per heavy atom. The van der Waals surface area contributed by atoms with Crippen LogP contribution in [0.3, 0.4) is 0 Å². The average Bonchev–Trinajstić information content (AvgIpc) is 3.40. The summed E-state index contributed by atoms with van der Waals surface area (Å²) >= 11 is 0. The number of halogens is 3. The predicted molar refractivity (Wildman–Crippen MR) is 136 cm³/mol. The van der Waals surface area contributed by atoms with Crippen LogP contribution in [0.5, 0.6) is 0 Å². The number of hydrogen-bond donors (Lipinski definition) is 0. The molecule has 1 aliphatic heterocycles. The van der Waals surface area contributed by atoms with Gasteiger partial charge in [0.05, 0.1) is 31.4 Å². The van der Waals surface area contributed by atoms with Gasteiger partial charge in [-0.05, 0) is 42.2 Å². The number of nitriles is 1. The van der Waals surface area contributed by atoms with Crippen molar-refractivity contribution in [2.24, 2.45) is 11.8 Å². The van der Waals surface area contributed by atoms with Crippen LogP contribution in [0.25, 0.3) is 6.08 Å². The summed E-state index contributed by atoms with van der Waals surface area (Å²) in [5.41, 5.74) is 0.378. The van der Waals surface area contributed by atoms with E-state index in [0.29, 0.717) is 37.3 Å². The van der Waals surface area contributed by atoms with Crippen LogP contribution in [-0.4, -0.2) is 34.3 Å². The quantitative estimate of drug-likeness (QED) is 0.332. The van der Waals surface area contributed by atoms with Gasteiger partial charge in [0.2, 0.25) is 0 Å². The topological polar surface area (TPSA) is 73.0 Å². The Bertz CT molecular complexity index is 1330. The molecule has 3 aromatic rings. The smallest absolute Gasteiger partial charge is 0.177 e. The molecule has 0 bridgehead atoms. The molecule has 1 saturated heterocycles. The molecule has 198 valence electrons. The minimum atomic E-state index is -0.687. The summed E-state index contributed by atoms with van der Waals surface area (Å²) in [6.07, 6.45) is 9.91. The summed E-state index contributed by atoms with van der Waals surface area (Å²) in [5, 5.41) is 13.0. The summed E-state index contributed by atoms with van der Waals surface area (Å²) in [7, 11) is 0. The molecule has 4 rings (SSSR count). The van der Waals surface area contributed by atoms with E-state index in [9.17, 15) is 13.2 Å². The number of aromatic nitrogens is 3. The molecule has 1 fully saturated rings. The van der Waals surface area contributed by atoms with Crippen LogP contribution < -0.4 is 0 Å². The van der Waals surface area contributed by atoms with E-state index in [4.69, 9.17) is 14.7 Å². The zero-order valence-corrected chi connectivity index (χ0v) is 21.2. The number of ether oxygens (including phenoxy) is 2. The van der Waals surface area contributed by atoms with Crippen molar-refractivity contribution in [1.29, 1.82) is 5.26 Å². The normalized spacial score (nSPS) is 20.4. The molecule has 1 aromatic heterocycles. The minimum Gasteiger partial charge on any atom is -0.349 e. The SMILES string of the molecule is CC(CC1COC(/C=C/C=C/c2ccc(C#N)cc2F)OC1)C(C)(Cn1cncn1)c1ccc(F)cc1F. The van der Waals surface area contributed by atoms with E-state index in [-0.39, 0.29) is 17.4 Å². The molecule has 0 aliphatic carbocycles. The van der Waals surface area contributed by atoms with Crippen molar-refractivity contribution in [3.8, 4) is 6.07 Å². The van der Waals surface area contributed by atoms with Crippen molar-refractivity contribution in [2.45, 2.75) is 38.5 Å². The standard InChI is InChI=1S/C29H29F3N4O2/c1-20(29(2,17-36-19-34-18-35-36)25-10-9-24(30)13-27(25)32)11-22-15-37-28(38-16-22)6-4-3-5-23-8-7-21(14-33)12-26(23)31/h3-10,12-13,18-20,22,28H,11,15-17H2,1-2H3/b5-3+,6-4+. The van der Waals surface area contributed by atoms with Gasteiger partial charge >= 0.3 is 0 Å². The Morgan fingerprint density at radius 2 is 1.92 bits per heavy atom. The van der Waals surface area contributed by atoms with Gasteiger partial charge in [-0.3, -0.25) is 4.68 Å². The largest absolute Gasteiger partial charge is 0.349 e. The second-order valence-electron chi connectivity index (χ2n) is 9.76. The highest BCUT2D eigenvalue weighted by molar-refractivity contribution is 5.53. The van der Waals surface area contributed by atoms with Crippen LogP contribution in [-0.2, 0) is 21.4 Å². The van der Waals surface area contributed by atoms with Crippen LogP contribution in [0.15, 0.2) is 67.3 Å². The molecule has 0 saturated carbocycles. The fourth-order valence-corrected chi connectivity index (χ4v) is 4.72. The van der Waals surface area contributed by atoms with Gasteiger partial charge in [-0.1, -0.05) is 44.2 Å². The van der Waals surface area contributed by atoms with Crippen molar-refractivity contribution in [3.63, 3.8) is 0 Å². The van der Waals surface area contributed by atoms with E-state index in [1.807, 2.05) is 19.9 Å². The summed E-state index contributed by atoms with van der Waals surface area (Å²) in [6.45, 7) is 5.29. The minimum absolute atomic E-state index is 0.0267. The maximum absolute atomic E-state index is 14.9. The Balaban J connectivity index is 1.36. The monoisotopic (exact) mass is 522 g/mol. The van der Waals surface area contributed by atoms with Gasteiger partial charge in [0.25, 0.3) is 0 Å². The molecule has 38 heavy (non-hydrogen) atoms. The van der Waals surface area contributed by atoms with Crippen LogP contribution in [0.4, 0.5) is 13.2 Å². The Hall–Kier alpha value is -3.74. The molecule has 1 aliphatic rings. The number of allylic oxidation sites excluding steroid dienone is 2. The number of nitrogens with zero attached hydrogens (tertiary/aromatic N) is 4. The lowest BCUT2D eigenvalue weighted by Crippen LogP contribution is -2.40. The van der Waals surface area contributed by atoms with Crippen LogP contribution in [0, 0.1) is 40.6 Å². The molecule has 0 N–H and O–H groups in total. The van der Waals surface area contributed by atoms with Crippen LogP contribution in [0.2, 0.25) is 0 Å². The molecule has 6 nitrogen and oxygen atoms in total. The van der Waals surface area contributed by atoms with E-state index in [1.54, 1.807) is 47.4 Å². The lowest BCUT2D eigenvalue weighted by atomic mass is 9.69. The molecule has 0 amide bonds. The molecular weight excluding hydrogens is 493 g/mol. The lowest BCUT2D eigenvalue weighted by Gasteiger charge is -2.39. The fraction of sp³-hybridized carbons (Fsp3) is 0.345. The van der Waals surface area contributed by atoms with E-state index in [1.165, 1.54) is 24.5 Å². The molecule has 2 heterocycles. The maximum atomic E-state index is 14.9. The average molecular weight is 523 g/mol. The van der Waals surface area contributed by atoms with Gasteiger partial charge < -0.3 is 9.47 Å². The lowest BCUT2D eigenvalue weighted by molar-refractivity contribution is -0.177.